The zero-order valence-electron chi connectivity index (χ0n) is 16.1. The zero-order chi connectivity index (χ0) is 19.9. The first-order valence-electron chi connectivity index (χ1n) is 9.24. The van der Waals surface area contributed by atoms with E-state index in [1.165, 1.54) is 23.3 Å². The largest absolute Gasteiger partial charge is 0.332 e. The third-order valence-corrected chi connectivity index (χ3v) is 6.82. The van der Waals surface area contributed by atoms with Gasteiger partial charge in [0.15, 0.2) is 0 Å². The number of urea groups is 1. The molecule has 2 N–H and O–H groups in total. The molecule has 1 radical (unpaired) electrons. The van der Waals surface area contributed by atoms with Gasteiger partial charge in [-0.05, 0) is 78.5 Å². The van der Waals surface area contributed by atoms with Crippen LogP contribution in [0.3, 0.4) is 0 Å². The second kappa shape index (κ2) is 8.94. The normalized spacial score (nSPS) is 14.7. The van der Waals surface area contributed by atoms with Gasteiger partial charge in [0.25, 0.3) is 0 Å². The van der Waals surface area contributed by atoms with E-state index in [4.69, 9.17) is 11.6 Å². The number of amides is 2. The number of halogens is 2. The molecule has 0 spiro atoms. The van der Waals surface area contributed by atoms with Gasteiger partial charge >= 0.3 is 6.03 Å². The second-order valence-corrected chi connectivity index (χ2v) is 9.43. The molecule has 29 heavy (non-hydrogen) atoms. The third-order valence-electron chi connectivity index (χ3n) is 5.30. The summed E-state index contributed by atoms with van der Waals surface area (Å²) in [6, 6.07) is 5.21. The van der Waals surface area contributed by atoms with Crippen LogP contribution in [0.2, 0.25) is 5.02 Å². The van der Waals surface area contributed by atoms with E-state index in [1.54, 1.807) is 0 Å². The molecule has 0 atom stereocenters. The van der Waals surface area contributed by atoms with Crippen LogP contribution < -0.4 is 10.0 Å². The molecule has 0 heterocycles. The van der Waals surface area contributed by atoms with Crippen molar-refractivity contribution in [3.05, 3.63) is 62.9 Å². The summed E-state index contributed by atoms with van der Waals surface area (Å²) in [5, 5.41) is 2.70. The molecule has 2 aliphatic rings. The molecule has 0 saturated heterocycles. The molecule has 0 unspecified atom stereocenters. The van der Waals surface area contributed by atoms with Crippen LogP contribution in [-0.4, -0.2) is 44.0 Å². The van der Waals surface area contributed by atoms with Gasteiger partial charge in [0.05, 0.1) is 10.8 Å². The first kappa shape index (κ1) is 22.6. The second-order valence-electron chi connectivity index (χ2n) is 7.30. The smallest absolute Gasteiger partial charge is 0.307 e. The summed E-state index contributed by atoms with van der Waals surface area (Å²) >= 11 is 5.62. The molecule has 9 heteroatoms. The van der Waals surface area contributed by atoms with E-state index in [0.717, 1.165) is 61.4 Å². The number of fused-ring (bicyclic) bond motifs is 2. The minimum absolute atomic E-state index is 0. The monoisotopic (exact) mass is 445 g/mol. The molecule has 149 valence electrons. The number of nitrogens with one attached hydrogen (secondary N) is 2. The van der Waals surface area contributed by atoms with Gasteiger partial charge in [-0.1, -0.05) is 23.7 Å². The maximum atomic E-state index is 13.5. The van der Waals surface area contributed by atoms with E-state index in [2.05, 4.69) is 11.4 Å². The fraction of sp³-hybridized carbons (Fsp3) is 0.350. The maximum absolute atomic E-state index is 13.5. The van der Waals surface area contributed by atoms with Crippen molar-refractivity contribution in [3.63, 3.8) is 0 Å². The van der Waals surface area contributed by atoms with Crippen LogP contribution in [0.15, 0.2) is 24.3 Å². The fourth-order valence-corrected chi connectivity index (χ4v) is 5.27. The van der Waals surface area contributed by atoms with Crippen LogP contribution in [0.1, 0.15) is 40.7 Å². The topological polar surface area (TPSA) is 75.3 Å². The summed E-state index contributed by atoms with van der Waals surface area (Å²) in [6.45, 7) is 0. The van der Waals surface area contributed by atoms with Crippen LogP contribution in [0.25, 0.3) is 0 Å². The van der Waals surface area contributed by atoms with Crippen LogP contribution in [0, 0.1) is 5.82 Å². The predicted octanol–water partition coefficient (Wildman–Crippen LogP) is 3.73. The Labute approximate surface area is 196 Å². The van der Waals surface area contributed by atoms with Crippen LogP contribution in [0.4, 0.5) is 14.9 Å². The molecule has 0 saturated carbocycles. The quantitative estimate of drug-likeness (QED) is 0.704. The van der Waals surface area contributed by atoms with Crippen molar-refractivity contribution < 1.29 is 17.6 Å². The summed E-state index contributed by atoms with van der Waals surface area (Å²) in [7, 11) is -3.98. The number of aryl methyl sites for hydroxylation is 2. The SMILES string of the molecule is O=C(Nc1c2c(cc3c1CCC3)CCC2)NS(=O)(=O)Cc1ccc(Cl)c(F)c1.[Na]. The summed E-state index contributed by atoms with van der Waals surface area (Å²) in [5.41, 5.74) is 5.71. The number of hydrogen-bond donors (Lipinski definition) is 2. The zero-order valence-corrected chi connectivity index (χ0v) is 19.7. The molecule has 0 bridgehead atoms. The Morgan fingerprint density at radius 2 is 1.66 bits per heavy atom. The molecule has 5 nitrogen and oxygen atoms in total. The molecule has 0 aromatic heterocycles. The van der Waals surface area contributed by atoms with Crippen LogP contribution in [0.5, 0.6) is 0 Å². The molecular weight excluding hydrogens is 426 g/mol. The Morgan fingerprint density at radius 3 is 2.24 bits per heavy atom. The molecule has 2 aliphatic carbocycles. The minimum atomic E-state index is -3.98. The van der Waals surface area contributed by atoms with Gasteiger partial charge in [0.2, 0.25) is 10.0 Å². The molecule has 2 aromatic carbocycles. The van der Waals surface area contributed by atoms with Crippen molar-refractivity contribution in [1.82, 2.24) is 4.72 Å². The summed E-state index contributed by atoms with van der Waals surface area (Å²) in [5.74, 6) is -1.21. The number of carbonyl (C=O) groups is 1. The van der Waals surface area contributed by atoms with Gasteiger partial charge in [0.1, 0.15) is 5.82 Å². The number of anilines is 1. The van der Waals surface area contributed by atoms with E-state index in [-0.39, 0.29) is 40.1 Å². The van der Waals surface area contributed by atoms with Gasteiger partial charge in [-0.2, -0.15) is 0 Å². The number of hydrogen-bond acceptors (Lipinski definition) is 3. The van der Waals surface area contributed by atoms with E-state index in [9.17, 15) is 17.6 Å². The maximum Gasteiger partial charge on any atom is 0.332 e. The predicted molar refractivity (Wildman–Crippen MR) is 112 cm³/mol. The first-order valence-corrected chi connectivity index (χ1v) is 11.3. The van der Waals surface area contributed by atoms with E-state index in [0.29, 0.717) is 0 Å². The third kappa shape index (κ3) is 4.97. The van der Waals surface area contributed by atoms with Crippen molar-refractivity contribution in [1.29, 1.82) is 0 Å². The van der Waals surface area contributed by atoms with Crippen LogP contribution in [-0.2, 0) is 41.5 Å². The molecule has 0 fully saturated rings. The summed E-state index contributed by atoms with van der Waals surface area (Å²) in [6.07, 6.45) is 5.81. The van der Waals surface area contributed by atoms with E-state index >= 15 is 0 Å². The van der Waals surface area contributed by atoms with Gasteiger partial charge in [-0.15, -0.1) is 0 Å². The van der Waals surface area contributed by atoms with Crippen molar-refractivity contribution in [2.24, 2.45) is 0 Å². The molecule has 2 amide bonds. The summed E-state index contributed by atoms with van der Waals surface area (Å²) < 4.78 is 40.2. The Bertz CT molecular complexity index is 1040. The molecule has 2 aromatic rings. The van der Waals surface area contributed by atoms with Crippen molar-refractivity contribution in [2.75, 3.05) is 5.32 Å². The van der Waals surface area contributed by atoms with Gasteiger partial charge in [-0.3, -0.25) is 0 Å². The average Bonchev–Trinajstić information content (AvgIpc) is 3.26. The Balaban J connectivity index is 0.00000240. The van der Waals surface area contributed by atoms with Gasteiger partial charge in [-0.25, -0.2) is 22.3 Å². The van der Waals surface area contributed by atoms with Gasteiger partial charge in [0, 0.05) is 35.2 Å². The first-order chi connectivity index (χ1) is 13.3. The minimum Gasteiger partial charge on any atom is -0.307 e. The number of carbonyl (C=O) groups excluding carboxylic acids is 1. The van der Waals surface area contributed by atoms with Crippen LogP contribution >= 0.6 is 11.6 Å². The standard InChI is InChI=1S/C20H20ClFN2O3S.Na/c21-17-8-7-12(9-18(17)22)11-28(26,27)24-20(25)23-19-15-5-1-3-13(15)10-14-4-2-6-16(14)19;/h7-10H,1-6,11H2,(H2,23,24,25);. The number of benzene rings is 2. The number of rotatable bonds is 4. The number of sulfonamides is 1. The summed E-state index contributed by atoms with van der Waals surface area (Å²) in [4.78, 5) is 12.4. The van der Waals surface area contributed by atoms with Crippen molar-refractivity contribution in [3.8, 4) is 0 Å². The van der Waals surface area contributed by atoms with Gasteiger partial charge < -0.3 is 5.32 Å². The van der Waals surface area contributed by atoms with Crippen molar-refractivity contribution in [2.45, 2.75) is 44.3 Å². The Hall–Kier alpha value is -1.12. The Kier molecular flexibility index (Phi) is 6.95. The Morgan fingerprint density at radius 1 is 1.03 bits per heavy atom. The fourth-order valence-electron chi connectivity index (χ4n) is 4.13. The average molecular weight is 446 g/mol. The van der Waals surface area contributed by atoms with E-state index in [1.807, 2.05) is 4.72 Å². The van der Waals surface area contributed by atoms with Crippen molar-refractivity contribution >= 4 is 62.9 Å². The van der Waals surface area contributed by atoms with E-state index < -0.39 is 27.6 Å². The molecular formula is C20H20ClFN2NaO3S. The molecule has 4 rings (SSSR count). The molecule has 0 aliphatic heterocycles.